The smallest absolute Gasteiger partial charge is 0.224 e. The molecule has 0 aliphatic rings. The molecule has 0 aliphatic heterocycles. The molecular formula is C28H37N3O2. The molecule has 0 bridgehead atoms. The summed E-state index contributed by atoms with van der Waals surface area (Å²) in [5, 5.41) is 8.04. The van der Waals surface area contributed by atoms with E-state index in [2.05, 4.69) is 40.0 Å². The lowest BCUT2D eigenvalue weighted by atomic mass is 10.0. The van der Waals surface area contributed by atoms with Gasteiger partial charge in [-0.15, -0.1) is 0 Å². The number of fused-ring (bicyclic) bond motifs is 1. The summed E-state index contributed by atoms with van der Waals surface area (Å²) in [4.78, 5) is 27.5. The van der Waals surface area contributed by atoms with Gasteiger partial charge in [0.2, 0.25) is 5.91 Å². The van der Waals surface area contributed by atoms with E-state index >= 15 is 0 Å². The Labute approximate surface area is 197 Å². The Bertz CT molecular complexity index is 997. The number of para-hydroxylation sites is 1. The number of benzene rings is 2. The average Bonchev–Trinajstić information content (AvgIpc) is 3.24. The molecule has 0 aliphatic carbocycles. The van der Waals surface area contributed by atoms with E-state index in [1.807, 2.05) is 43.3 Å². The Morgan fingerprint density at radius 3 is 2.58 bits per heavy atom. The number of ketones is 1. The fourth-order valence-electron chi connectivity index (χ4n) is 4.19. The van der Waals surface area contributed by atoms with Crippen molar-refractivity contribution in [3.63, 3.8) is 0 Å². The van der Waals surface area contributed by atoms with Crippen LogP contribution >= 0.6 is 0 Å². The molecule has 0 saturated heterocycles. The third kappa shape index (κ3) is 8.50. The zero-order valence-electron chi connectivity index (χ0n) is 19.7. The molecule has 0 fully saturated rings. The number of H-pyrrole nitrogens is 1. The monoisotopic (exact) mass is 447 g/mol. The molecule has 0 radical (unpaired) electrons. The summed E-state index contributed by atoms with van der Waals surface area (Å²) in [6, 6.07) is 18.3. The predicted molar refractivity (Wildman–Crippen MR) is 135 cm³/mol. The van der Waals surface area contributed by atoms with E-state index in [0.29, 0.717) is 25.0 Å². The summed E-state index contributed by atoms with van der Waals surface area (Å²) >= 11 is 0. The lowest BCUT2D eigenvalue weighted by Crippen LogP contribution is -2.43. The molecule has 1 atom stereocenters. The van der Waals surface area contributed by atoms with Crippen molar-refractivity contribution in [3.8, 4) is 0 Å². The molecular weight excluding hydrogens is 410 g/mol. The number of Topliss-reactive ketones (excluding diaryl/α,β-unsaturated/α-hetero) is 1. The van der Waals surface area contributed by atoms with Gasteiger partial charge < -0.3 is 15.6 Å². The van der Waals surface area contributed by atoms with Gasteiger partial charge in [0, 0.05) is 42.5 Å². The number of carbonyl (C=O) groups excluding carboxylic acids is 2. The molecule has 1 heterocycles. The molecule has 5 heteroatoms. The first-order valence-electron chi connectivity index (χ1n) is 12.3. The van der Waals surface area contributed by atoms with Gasteiger partial charge in [-0.25, -0.2) is 0 Å². The Kier molecular flexibility index (Phi) is 10.2. The Morgan fingerprint density at radius 2 is 1.76 bits per heavy atom. The van der Waals surface area contributed by atoms with Gasteiger partial charge in [0.1, 0.15) is 5.78 Å². The number of hydrogen-bond acceptors (Lipinski definition) is 3. The first-order valence-corrected chi connectivity index (χ1v) is 12.3. The fourth-order valence-corrected chi connectivity index (χ4v) is 4.19. The van der Waals surface area contributed by atoms with Crippen LogP contribution < -0.4 is 10.6 Å². The van der Waals surface area contributed by atoms with Crippen molar-refractivity contribution in [3.05, 3.63) is 71.9 Å². The number of unbranched alkanes of at least 4 members (excludes halogenated alkanes) is 2. The zero-order chi connectivity index (χ0) is 23.3. The van der Waals surface area contributed by atoms with Gasteiger partial charge in [0.05, 0.1) is 6.42 Å². The van der Waals surface area contributed by atoms with Crippen molar-refractivity contribution in [1.82, 2.24) is 15.6 Å². The van der Waals surface area contributed by atoms with Crippen LogP contribution in [-0.4, -0.2) is 35.8 Å². The molecule has 0 unspecified atom stereocenters. The predicted octanol–water partition coefficient (Wildman–Crippen LogP) is 4.96. The molecule has 3 N–H and O–H groups in total. The van der Waals surface area contributed by atoms with Gasteiger partial charge >= 0.3 is 0 Å². The minimum atomic E-state index is 0.0609. The van der Waals surface area contributed by atoms with E-state index in [1.54, 1.807) is 0 Å². The maximum atomic E-state index is 12.6. The van der Waals surface area contributed by atoms with Crippen LogP contribution in [0.5, 0.6) is 0 Å². The molecule has 0 saturated carbocycles. The average molecular weight is 448 g/mol. The summed E-state index contributed by atoms with van der Waals surface area (Å²) in [7, 11) is 0. The second-order valence-electron chi connectivity index (χ2n) is 8.73. The van der Waals surface area contributed by atoms with Gasteiger partial charge in [-0.2, -0.15) is 0 Å². The molecule has 33 heavy (non-hydrogen) atoms. The Hall–Kier alpha value is -2.92. The third-order valence-electron chi connectivity index (χ3n) is 6.11. The summed E-state index contributed by atoms with van der Waals surface area (Å²) in [5.74, 6) is 0.396. The van der Waals surface area contributed by atoms with E-state index in [0.717, 1.165) is 50.8 Å². The number of aromatic nitrogens is 1. The standard InChI is InChI=1S/C28H37N3O2/c1-2-25(32)14-8-4-7-13-24(31-28(33)19-22-11-5-3-6-12-22)21-29-18-17-23-20-30-27-16-10-9-15-26(23)27/h3,5-6,9-12,15-16,20,24,29-30H,2,4,7-8,13-14,17-19,21H2,1H3,(H,31,33)/t24-/m0/s1. The SMILES string of the molecule is CCC(=O)CCCCC[C@@H](CNCCc1c[nH]c2ccccc12)NC(=O)Cc1ccccc1. The number of rotatable bonds is 15. The highest BCUT2D eigenvalue weighted by Gasteiger charge is 2.13. The van der Waals surface area contributed by atoms with Crippen molar-refractivity contribution in [1.29, 1.82) is 0 Å². The maximum absolute atomic E-state index is 12.6. The lowest BCUT2D eigenvalue weighted by Gasteiger charge is -2.20. The largest absolute Gasteiger partial charge is 0.361 e. The zero-order valence-corrected chi connectivity index (χ0v) is 19.7. The molecule has 0 spiro atoms. The highest BCUT2D eigenvalue weighted by molar-refractivity contribution is 5.83. The van der Waals surface area contributed by atoms with Crippen LogP contribution in [0.15, 0.2) is 60.8 Å². The number of hydrogen-bond donors (Lipinski definition) is 3. The first kappa shape index (κ1) is 24.7. The molecule has 176 valence electrons. The molecule has 2 aromatic carbocycles. The van der Waals surface area contributed by atoms with Crippen molar-refractivity contribution >= 4 is 22.6 Å². The number of aromatic amines is 1. The summed E-state index contributed by atoms with van der Waals surface area (Å²) in [6.07, 6.45) is 8.60. The van der Waals surface area contributed by atoms with Crippen molar-refractivity contribution in [2.24, 2.45) is 0 Å². The first-order chi connectivity index (χ1) is 16.2. The Morgan fingerprint density at radius 1 is 0.970 bits per heavy atom. The fraction of sp³-hybridized carbons (Fsp3) is 0.429. The van der Waals surface area contributed by atoms with E-state index in [1.165, 1.54) is 16.5 Å². The normalized spacial score (nSPS) is 12.0. The highest BCUT2D eigenvalue weighted by Crippen LogP contribution is 2.17. The maximum Gasteiger partial charge on any atom is 0.224 e. The van der Waals surface area contributed by atoms with E-state index in [-0.39, 0.29) is 11.9 Å². The number of amides is 1. The van der Waals surface area contributed by atoms with Crippen molar-refractivity contribution in [2.75, 3.05) is 13.1 Å². The second kappa shape index (κ2) is 13.6. The van der Waals surface area contributed by atoms with Gasteiger partial charge in [-0.1, -0.05) is 68.3 Å². The number of carbonyl (C=O) groups is 2. The van der Waals surface area contributed by atoms with Crippen LogP contribution in [0.4, 0.5) is 0 Å². The molecule has 1 aromatic heterocycles. The quantitative estimate of drug-likeness (QED) is 0.288. The molecule has 5 nitrogen and oxygen atoms in total. The van der Waals surface area contributed by atoms with Gasteiger partial charge in [-0.05, 0) is 43.0 Å². The summed E-state index contributed by atoms with van der Waals surface area (Å²) < 4.78 is 0. The van der Waals surface area contributed by atoms with E-state index in [9.17, 15) is 9.59 Å². The van der Waals surface area contributed by atoms with Crippen molar-refractivity contribution < 1.29 is 9.59 Å². The second-order valence-corrected chi connectivity index (χ2v) is 8.73. The minimum absolute atomic E-state index is 0.0609. The van der Waals surface area contributed by atoms with Gasteiger partial charge in [0.25, 0.3) is 0 Å². The molecule has 1 amide bonds. The minimum Gasteiger partial charge on any atom is -0.361 e. The van der Waals surface area contributed by atoms with Crippen LogP contribution in [0.1, 0.15) is 56.6 Å². The lowest BCUT2D eigenvalue weighted by molar-refractivity contribution is -0.121. The van der Waals surface area contributed by atoms with Crippen LogP contribution in [-0.2, 0) is 22.4 Å². The van der Waals surface area contributed by atoms with Crippen molar-refractivity contribution in [2.45, 2.75) is 64.3 Å². The third-order valence-corrected chi connectivity index (χ3v) is 6.11. The topological polar surface area (TPSA) is 74.0 Å². The van der Waals surface area contributed by atoms with E-state index in [4.69, 9.17) is 0 Å². The highest BCUT2D eigenvalue weighted by atomic mass is 16.1. The molecule has 3 aromatic rings. The van der Waals surface area contributed by atoms with E-state index < -0.39 is 0 Å². The molecule has 3 rings (SSSR count). The Balaban J connectivity index is 1.46. The van der Waals surface area contributed by atoms with Gasteiger partial charge in [0.15, 0.2) is 0 Å². The van der Waals surface area contributed by atoms with Crippen LogP contribution in [0.2, 0.25) is 0 Å². The van der Waals surface area contributed by atoms with Gasteiger partial charge in [-0.3, -0.25) is 9.59 Å². The number of nitrogens with one attached hydrogen (secondary N) is 3. The summed E-state index contributed by atoms with van der Waals surface area (Å²) in [5.41, 5.74) is 3.50. The van der Waals surface area contributed by atoms with Crippen LogP contribution in [0.3, 0.4) is 0 Å². The van der Waals surface area contributed by atoms with Crippen LogP contribution in [0.25, 0.3) is 10.9 Å². The van der Waals surface area contributed by atoms with Crippen LogP contribution in [0, 0.1) is 0 Å². The summed E-state index contributed by atoms with van der Waals surface area (Å²) in [6.45, 7) is 3.53.